The number of amides is 1. The largest absolute Gasteiger partial charge is 0.416 e. The molecule has 1 amide bonds. The van der Waals surface area contributed by atoms with Gasteiger partial charge in [0, 0.05) is 19.5 Å². The van der Waals surface area contributed by atoms with E-state index in [1.165, 1.54) is 24.3 Å². The summed E-state index contributed by atoms with van der Waals surface area (Å²) in [5.74, 6) is -0.406. The van der Waals surface area contributed by atoms with Crippen molar-refractivity contribution in [2.75, 3.05) is 18.4 Å². The number of para-hydroxylation sites is 1. The van der Waals surface area contributed by atoms with Gasteiger partial charge in [-0.25, -0.2) is 4.39 Å². The summed E-state index contributed by atoms with van der Waals surface area (Å²) >= 11 is 0. The number of hydrogen-bond donors (Lipinski definition) is 1. The molecule has 156 valence electrons. The third-order valence-electron chi connectivity index (χ3n) is 5.19. The maximum absolute atomic E-state index is 13.6. The molecule has 1 heterocycles. The van der Waals surface area contributed by atoms with Crippen LogP contribution >= 0.6 is 0 Å². The fourth-order valence-corrected chi connectivity index (χ4v) is 3.75. The zero-order valence-electron chi connectivity index (χ0n) is 16.0. The van der Waals surface area contributed by atoms with Gasteiger partial charge in [0.15, 0.2) is 0 Å². The lowest BCUT2D eigenvalue weighted by atomic mass is 9.93. The summed E-state index contributed by atoms with van der Waals surface area (Å²) in [6, 6.07) is 11.5. The zero-order chi connectivity index (χ0) is 20.9. The number of rotatable bonds is 6. The van der Waals surface area contributed by atoms with Crippen molar-refractivity contribution in [2.45, 2.75) is 38.4 Å². The Kier molecular flexibility index (Phi) is 6.90. The first-order valence-corrected chi connectivity index (χ1v) is 9.74. The van der Waals surface area contributed by atoms with Gasteiger partial charge in [-0.05, 0) is 55.5 Å². The number of carbonyl (C=O) groups excluding carboxylic acids is 1. The van der Waals surface area contributed by atoms with Crippen molar-refractivity contribution in [3.05, 3.63) is 65.5 Å². The Morgan fingerprint density at radius 1 is 1.14 bits per heavy atom. The van der Waals surface area contributed by atoms with E-state index in [1.54, 1.807) is 18.2 Å². The van der Waals surface area contributed by atoms with Crippen molar-refractivity contribution >= 4 is 11.6 Å². The van der Waals surface area contributed by atoms with Crippen molar-refractivity contribution in [1.82, 2.24) is 4.90 Å². The molecule has 0 radical (unpaired) electrons. The van der Waals surface area contributed by atoms with Gasteiger partial charge < -0.3 is 5.32 Å². The second-order valence-electron chi connectivity index (χ2n) is 7.51. The van der Waals surface area contributed by atoms with Gasteiger partial charge in [-0.2, -0.15) is 13.2 Å². The van der Waals surface area contributed by atoms with Gasteiger partial charge in [0.2, 0.25) is 5.91 Å². The monoisotopic (exact) mass is 408 g/mol. The van der Waals surface area contributed by atoms with Gasteiger partial charge in [0.25, 0.3) is 0 Å². The van der Waals surface area contributed by atoms with Crippen LogP contribution in [-0.2, 0) is 17.5 Å². The predicted molar refractivity (Wildman–Crippen MR) is 104 cm³/mol. The summed E-state index contributed by atoms with van der Waals surface area (Å²) in [5.41, 5.74) is 0.179. The number of nitrogens with one attached hydrogen (secondary N) is 1. The quantitative estimate of drug-likeness (QED) is 0.643. The van der Waals surface area contributed by atoms with Crippen LogP contribution < -0.4 is 5.32 Å². The van der Waals surface area contributed by atoms with Crippen LogP contribution in [0.1, 0.15) is 36.8 Å². The number of likely N-dealkylation sites (tertiary alicyclic amines) is 1. The van der Waals surface area contributed by atoms with E-state index in [4.69, 9.17) is 0 Å². The van der Waals surface area contributed by atoms with Gasteiger partial charge in [-0.15, -0.1) is 0 Å². The molecular formula is C22H24F4N2O. The fourth-order valence-electron chi connectivity index (χ4n) is 3.75. The first-order chi connectivity index (χ1) is 13.8. The highest BCUT2D eigenvalue weighted by molar-refractivity contribution is 5.90. The molecule has 3 rings (SSSR count). The Morgan fingerprint density at radius 3 is 2.69 bits per heavy atom. The maximum Gasteiger partial charge on any atom is 0.416 e. The van der Waals surface area contributed by atoms with Crippen molar-refractivity contribution in [1.29, 1.82) is 0 Å². The molecule has 7 heteroatoms. The Hall–Kier alpha value is -2.41. The Balaban J connectivity index is 1.49. The standard InChI is InChI=1S/C22H24F4N2O/c23-19-8-1-2-9-20(19)27-21(29)11-10-16-6-4-12-28(14-16)15-17-5-3-7-18(13-17)22(24,25)26/h1-3,5,7-9,13,16H,4,6,10-12,14-15H2,(H,27,29)/t16-/m0/s1. The summed E-state index contributed by atoms with van der Waals surface area (Å²) in [6.45, 7) is 2.03. The van der Waals surface area contributed by atoms with Crippen LogP contribution in [0.2, 0.25) is 0 Å². The van der Waals surface area contributed by atoms with E-state index in [-0.39, 0.29) is 18.0 Å². The third-order valence-corrected chi connectivity index (χ3v) is 5.19. The molecule has 1 atom stereocenters. The van der Waals surface area contributed by atoms with Crippen LogP contribution in [-0.4, -0.2) is 23.9 Å². The number of piperidine rings is 1. The highest BCUT2D eigenvalue weighted by atomic mass is 19.4. The first-order valence-electron chi connectivity index (χ1n) is 9.74. The van der Waals surface area contributed by atoms with Gasteiger partial charge >= 0.3 is 6.18 Å². The molecule has 1 aliphatic heterocycles. The second kappa shape index (κ2) is 9.39. The average molecular weight is 408 g/mol. The second-order valence-corrected chi connectivity index (χ2v) is 7.51. The summed E-state index contributed by atoms with van der Waals surface area (Å²) in [4.78, 5) is 14.3. The van der Waals surface area contributed by atoms with Crippen molar-refractivity contribution in [3.8, 4) is 0 Å². The molecule has 0 aliphatic carbocycles. The fraction of sp³-hybridized carbons (Fsp3) is 0.409. The Labute approximate surface area is 167 Å². The smallest absolute Gasteiger partial charge is 0.324 e. The van der Waals surface area contributed by atoms with Gasteiger partial charge in [-0.3, -0.25) is 9.69 Å². The molecule has 0 bridgehead atoms. The lowest BCUT2D eigenvalue weighted by Gasteiger charge is -2.32. The van der Waals surface area contributed by atoms with E-state index in [9.17, 15) is 22.4 Å². The Morgan fingerprint density at radius 2 is 1.93 bits per heavy atom. The molecule has 0 aromatic heterocycles. The molecule has 1 aliphatic rings. The van der Waals surface area contributed by atoms with Gasteiger partial charge in [0.1, 0.15) is 5.82 Å². The molecule has 1 fully saturated rings. The molecule has 2 aromatic rings. The maximum atomic E-state index is 13.6. The van der Waals surface area contributed by atoms with Crippen LogP contribution in [0.3, 0.4) is 0 Å². The zero-order valence-corrected chi connectivity index (χ0v) is 16.0. The van der Waals surface area contributed by atoms with Crippen LogP contribution in [0.5, 0.6) is 0 Å². The molecule has 2 aromatic carbocycles. The summed E-state index contributed by atoms with van der Waals surface area (Å²) < 4.78 is 52.3. The molecule has 0 unspecified atom stereocenters. The van der Waals surface area contributed by atoms with E-state index >= 15 is 0 Å². The number of halogens is 4. The summed E-state index contributed by atoms with van der Waals surface area (Å²) in [7, 11) is 0. The number of hydrogen-bond acceptors (Lipinski definition) is 2. The number of benzene rings is 2. The molecule has 1 N–H and O–H groups in total. The van der Waals surface area contributed by atoms with Crippen LogP contribution in [0.4, 0.5) is 23.2 Å². The molecule has 29 heavy (non-hydrogen) atoms. The SMILES string of the molecule is O=C(CC[C@@H]1CCCN(Cc2cccc(C(F)(F)F)c2)C1)Nc1ccccc1F. The van der Waals surface area contributed by atoms with E-state index in [1.807, 2.05) is 0 Å². The summed E-state index contributed by atoms with van der Waals surface area (Å²) in [5, 5.41) is 2.59. The minimum absolute atomic E-state index is 0.173. The molecule has 0 saturated carbocycles. The van der Waals surface area contributed by atoms with Crippen molar-refractivity contribution < 1.29 is 22.4 Å². The van der Waals surface area contributed by atoms with Crippen molar-refractivity contribution in [3.63, 3.8) is 0 Å². The highest BCUT2D eigenvalue weighted by Gasteiger charge is 2.30. The molecular weight excluding hydrogens is 384 g/mol. The van der Waals surface area contributed by atoms with E-state index in [0.717, 1.165) is 32.0 Å². The third kappa shape index (κ3) is 6.29. The van der Waals surface area contributed by atoms with Gasteiger partial charge in [0.05, 0.1) is 11.3 Å². The number of nitrogens with zero attached hydrogens (tertiary/aromatic N) is 1. The average Bonchev–Trinajstić information content (AvgIpc) is 2.68. The topological polar surface area (TPSA) is 32.3 Å². The Bertz CT molecular complexity index is 838. The minimum Gasteiger partial charge on any atom is -0.324 e. The van der Waals surface area contributed by atoms with Crippen molar-refractivity contribution in [2.24, 2.45) is 5.92 Å². The van der Waals surface area contributed by atoms with Crippen LogP contribution in [0, 0.1) is 11.7 Å². The molecule has 0 spiro atoms. The highest BCUT2D eigenvalue weighted by Crippen LogP contribution is 2.30. The van der Waals surface area contributed by atoms with Crippen LogP contribution in [0.25, 0.3) is 0 Å². The molecule has 1 saturated heterocycles. The normalized spacial score (nSPS) is 17.9. The number of anilines is 1. The van der Waals surface area contributed by atoms with E-state index in [0.29, 0.717) is 24.4 Å². The van der Waals surface area contributed by atoms with Crippen LogP contribution in [0.15, 0.2) is 48.5 Å². The number of alkyl halides is 3. The number of carbonyl (C=O) groups is 1. The lowest BCUT2D eigenvalue weighted by molar-refractivity contribution is -0.137. The first kappa shape index (κ1) is 21.3. The van der Waals surface area contributed by atoms with E-state index in [2.05, 4.69) is 10.2 Å². The predicted octanol–water partition coefficient (Wildman–Crippen LogP) is 5.48. The summed E-state index contributed by atoms with van der Waals surface area (Å²) in [6.07, 6.45) is -1.47. The van der Waals surface area contributed by atoms with Gasteiger partial charge in [-0.1, -0.05) is 30.3 Å². The van der Waals surface area contributed by atoms with E-state index < -0.39 is 17.6 Å². The lowest BCUT2D eigenvalue weighted by Crippen LogP contribution is -2.35. The minimum atomic E-state index is -4.34. The molecule has 3 nitrogen and oxygen atoms in total.